The van der Waals surface area contributed by atoms with Crippen molar-refractivity contribution >= 4 is 11.3 Å². The minimum Gasteiger partial charge on any atom is -0.493 e. The van der Waals surface area contributed by atoms with Crippen molar-refractivity contribution in [3.63, 3.8) is 0 Å². The number of hydrogen-bond donors (Lipinski definition) is 0. The highest BCUT2D eigenvalue weighted by atomic mass is 16.7. The number of rotatable bonds is 8. The van der Waals surface area contributed by atoms with Crippen molar-refractivity contribution in [3.8, 4) is 23.0 Å². The van der Waals surface area contributed by atoms with Gasteiger partial charge in [0.25, 0.3) is 0 Å². The maximum Gasteiger partial charge on any atom is 0.231 e. The van der Waals surface area contributed by atoms with Crippen LogP contribution in [-0.2, 0) is 6.42 Å². The molecule has 192 valence electrons. The Labute approximate surface area is 215 Å². The van der Waals surface area contributed by atoms with E-state index in [4.69, 9.17) is 18.9 Å². The van der Waals surface area contributed by atoms with Crippen molar-refractivity contribution in [2.24, 2.45) is 5.92 Å². The van der Waals surface area contributed by atoms with E-state index in [2.05, 4.69) is 36.1 Å². The SMILES string of the molecule is CCCCCCC1=C2c3cc4c(cc3CCN2[C@H](C2CCCC2)c2c1ccc(OC)c2OC)OCO4. The summed E-state index contributed by atoms with van der Waals surface area (Å²) < 4.78 is 23.5. The highest BCUT2D eigenvalue weighted by Gasteiger charge is 2.43. The van der Waals surface area contributed by atoms with Crippen molar-refractivity contribution < 1.29 is 18.9 Å². The van der Waals surface area contributed by atoms with Crippen LogP contribution >= 0.6 is 0 Å². The van der Waals surface area contributed by atoms with E-state index in [0.29, 0.717) is 18.8 Å². The minimum absolute atomic E-state index is 0.306. The second kappa shape index (κ2) is 9.91. The molecule has 0 amide bonds. The van der Waals surface area contributed by atoms with Gasteiger partial charge < -0.3 is 23.8 Å². The van der Waals surface area contributed by atoms with E-state index < -0.39 is 0 Å². The molecule has 2 aromatic carbocycles. The van der Waals surface area contributed by atoms with Crippen LogP contribution in [0.4, 0.5) is 0 Å². The Hall–Kier alpha value is -2.82. The van der Waals surface area contributed by atoms with Crippen LogP contribution in [0.5, 0.6) is 23.0 Å². The molecule has 5 heteroatoms. The zero-order chi connectivity index (χ0) is 24.6. The molecule has 1 aliphatic carbocycles. The molecule has 1 saturated carbocycles. The molecule has 0 unspecified atom stereocenters. The van der Waals surface area contributed by atoms with Gasteiger partial charge in [-0.3, -0.25) is 0 Å². The fraction of sp³-hybridized carbons (Fsp3) is 0.548. The fourth-order valence-corrected chi connectivity index (χ4v) is 7.07. The van der Waals surface area contributed by atoms with Gasteiger partial charge in [-0.1, -0.05) is 45.1 Å². The van der Waals surface area contributed by atoms with E-state index in [1.165, 1.54) is 84.9 Å². The third-order valence-corrected chi connectivity index (χ3v) is 8.72. The molecule has 3 heterocycles. The minimum atomic E-state index is 0.306. The molecule has 1 atom stereocenters. The molecule has 4 aliphatic rings. The second-order valence-electron chi connectivity index (χ2n) is 10.7. The van der Waals surface area contributed by atoms with E-state index in [-0.39, 0.29) is 0 Å². The average molecular weight is 490 g/mol. The summed E-state index contributed by atoms with van der Waals surface area (Å²) in [5.74, 6) is 4.16. The number of nitrogens with zero attached hydrogens (tertiary/aromatic N) is 1. The standard InChI is InChI=1S/C31H39NO4/c1-4-5-6-7-12-23-22-13-14-25(33-2)31(34-3)28(22)29(20-10-8-9-11-20)32-16-15-21-17-26-27(36-19-35-26)18-24(21)30(23)32/h13-14,17-18,20,29H,4-12,15-16,19H2,1-3H3/t29-/m1/s1. The molecule has 3 aliphatic heterocycles. The maximum atomic E-state index is 6.11. The van der Waals surface area contributed by atoms with Crippen molar-refractivity contribution in [1.29, 1.82) is 0 Å². The van der Waals surface area contributed by atoms with E-state index in [1.54, 1.807) is 14.2 Å². The zero-order valence-electron chi connectivity index (χ0n) is 22.0. The second-order valence-corrected chi connectivity index (χ2v) is 10.7. The Bertz CT molecular complexity index is 1160. The zero-order valence-corrected chi connectivity index (χ0v) is 22.0. The number of benzene rings is 2. The van der Waals surface area contributed by atoms with Gasteiger partial charge >= 0.3 is 0 Å². The molecule has 6 rings (SSSR count). The van der Waals surface area contributed by atoms with Gasteiger partial charge in [-0.2, -0.15) is 0 Å². The number of hydrogen-bond acceptors (Lipinski definition) is 5. The van der Waals surface area contributed by atoms with E-state index in [1.807, 2.05) is 0 Å². The molecule has 5 nitrogen and oxygen atoms in total. The summed E-state index contributed by atoms with van der Waals surface area (Å²) in [6.45, 7) is 3.61. The van der Waals surface area contributed by atoms with Gasteiger partial charge in [0.15, 0.2) is 23.0 Å². The predicted octanol–water partition coefficient (Wildman–Crippen LogP) is 7.37. The van der Waals surface area contributed by atoms with Gasteiger partial charge in [0, 0.05) is 23.4 Å². The van der Waals surface area contributed by atoms with Crippen LogP contribution in [-0.4, -0.2) is 32.5 Å². The lowest BCUT2D eigenvalue weighted by atomic mass is 9.76. The lowest BCUT2D eigenvalue weighted by molar-refractivity contribution is 0.174. The van der Waals surface area contributed by atoms with Gasteiger partial charge in [0.05, 0.1) is 20.3 Å². The number of ether oxygens (including phenoxy) is 4. The van der Waals surface area contributed by atoms with Gasteiger partial charge in [-0.25, -0.2) is 0 Å². The Morgan fingerprint density at radius 3 is 2.50 bits per heavy atom. The van der Waals surface area contributed by atoms with Crippen molar-refractivity contribution in [2.75, 3.05) is 27.6 Å². The van der Waals surface area contributed by atoms with Crippen LogP contribution in [0, 0.1) is 5.92 Å². The number of unbranched alkanes of at least 4 members (excludes halogenated alkanes) is 3. The molecular weight excluding hydrogens is 450 g/mol. The van der Waals surface area contributed by atoms with Crippen molar-refractivity contribution in [2.45, 2.75) is 77.2 Å². The number of methoxy groups -OCH3 is 2. The molecule has 2 aromatic rings. The van der Waals surface area contributed by atoms with E-state index in [0.717, 1.165) is 42.4 Å². The summed E-state index contributed by atoms with van der Waals surface area (Å²) >= 11 is 0. The van der Waals surface area contributed by atoms with E-state index >= 15 is 0 Å². The third kappa shape index (κ3) is 3.82. The van der Waals surface area contributed by atoms with Crippen LogP contribution in [0.15, 0.2) is 24.3 Å². The normalized spacial score (nSPS) is 20.3. The van der Waals surface area contributed by atoms with Crippen LogP contribution in [0.3, 0.4) is 0 Å². The average Bonchev–Trinajstić information content (AvgIpc) is 3.60. The molecule has 0 spiro atoms. The first-order valence-electron chi connectivity index (χ1n) is 13.9. The Morgan fingerprint density at radius 2 is 1.75 bits per heavy atom. The first kappa shape index (κ1) is 23.6. The van der Waals surface area contributed by atoms with Crippen LogP contribution in [0.25, 0.3) is 11.3 Å². The molecule has 0 aromatic heterocycles. The summed E-state index contributed by atoms with van der Waals surface area (Å²) in [6.07, 6.45) is 12.2. The highest BCUT2D eigenvalue weighted by Crippen LogP contribution is 2.57. The fourth-order valence-electron chi connectivity index (χ4n) is 7.07. The van der Waals surface area contributed by atoms with Gasteiger partial charge in [0.2, 0.25) is 6.79 Å². The Balaban J connectivity index is 1.58. The van der Waals surface area contributed by atoms with E-state index in [9.17, 15) is 0 Å². The first-order chi connectivity index (χ1) is 17.7. The topological polar surface area (TPSA) is 40.2 Å². The lowest BCUT2D eigenvalue weighted by Gasteiger charge is -2.48. The first-order valence-corrected chi connectivity index (χ1v) is 13.9. The van der Waals surface area contributed by atoms with Crippen LogP contribution < -0.4 is 18.9 Å². The van der Waals surface area contributed by atoms with Gasteiger partial charge in [-0.15, -0.1) is 0 Å². The summed E-state index contributed by atoms with van der Waals surface area (Å²) in [6, 6.07) is 9.20. The number of fused-ring (bicyclic) bond motifs is 5. The molecule has 0 saturated heterocycles. The lowest BCUT2D eigenvalue weighted by Crippen LogP contribution is -2.40. The summed E-state index contributed by atoms with van der Waals surface area (Å²) in [4.78, 5) is 2.74. The van der Waals surface area contributed by atoms with Crippen LogP contribution in [0.1, 0.15) is 93.0 Å². The van der Waals surface area contributed by atoms with Crippen LogP contribution in [0.2, 0.25) is 0 Å². The summed E-state index contributed by atoms with van der Waals surface area (Å²) in [5.41, 5.74) is 8.30. The Kier molecular flexibility index (Phi) is 6.49. The number of allylic oxidation sites excluding steroid dienone is 1. The Morgan fingerprint density at radius 1 is 0.944 bits per heavy atom. The molecule has 36 heavy (non-hydrogen) atoms. The van der Waals surface area contributed by atoms with Gasteiger partial charge in [0.1, 0.15) is 0 Å². The highest BCUT2D eigenvalue weighted by molar-refractivity contribution is 5.95. The molecule has 0 radical (unpaired) electrons. The molecule has 1 fully saturated rings. The van der Waals surface area contributed by atoms with Crippen molar-refractivity contribution in [1.82, 2.24) is 4.90 Å². The molecular formula is C31H39NO4. The maximum absolute atomic E-state index is 6.11. The third-order valence-electron chi connectivity index (χ3n) is 8.72. The monoisotopic (exact) mass is 489 g/mol. The molecule has 0 N–H and O–H groups in total. The predicted molar refractivity (Wildman–Crippen MR) is 143 cm³/mol. The quantitative estimate of drug-likeness (QED) is 0.362. The smallest absolute Gasteiger partial charge is 0.231 e. The summed E-state index contributed by atoms with van der Waals surface area (Å²) in [5, 5.41) is 0. The van der Waals surface area contributed by atoms with Gasteiger partial charge in [-0.05, 0) is 72.9 Å². The largest absolute Gasteiger partial charge is 0.493 e. The molecule has 0 bridgehead atoms. The van der Waals surface area contributed by atoms with Crippen molar-refractivity contribution in [3.05, 3.63) is 46.5 Å². The summed E-state index contributed by atoms with van der Waals surface area (Å²) in [7, 11) is 3.56.